The lowest BCUT2D eigenvalue weighted by molar-refractivity contribution is -0.165. The van der Waals surface area contributed by atoms with Crippen LogP contribution in [-0.2, 0) is 9.13 Å². The minimum atomic E-state index is -4.59. The number of nitrogens with zero attached hydrogens (tertiary/aromatic N) is 2. The summed E-state index contributed by atoms with van der Waals surface area (Å²) in [6.45, 7) is 0. The van der Waals surface area contributed by atoms with E-state index < -0.39 is 28.0 Å². The zero-order valence-electron chi connectivity index (χ0n) is 6.69. The Balaban J connectivity index is 0. The Bertz CT molecular complexity index is 277. The fraction of sp³-hybridized carbons (Fsp3) is 0.667. The monoisotopic (exact) mass is 231 g/mol. The lowest BCUT2D eigenvalue weighted by Gasteiger charge is -2.12. The van der Waals surface area contributed by atoms with E-state index in [0.29, 0.717) is 0 Å². The van der Waals surface area contributed by atoms with Crippen LogP contribution >= 0.6 is 15.8 Å². The van der Waals surface area contributed by atoms with Crippen LogP contribution in [0.3, 0.4) is 0 Å². The minimum Gasteiger partial charge on any atom is -0.594 e. The second kappa shape index (κ2) is 4.64. The molecule has 0 saturated carbocycles. The van der Waals surface area contributed by atoms with Crippen molar-refractivity contribution in [3.8, 4) is 0 Å². The molecule has 8 nitrogen and oxygen atoms in total. The first-order valence-electron chi connectivity index (χ1n) is 2.96. The lowest BCUT2D eigenvalue weighted by atomic mass is 10.8. The third-order valence-corrected chi connectivity index (χ3v) is 2.07. The smallest absolute Gasteiger partial charge is 0.451 e. The fourth-order valence-corrected chi connectivity index (χ4v) is 1.37. The van der Waals surface area contributed by atoms with Gasteiger partial charge in [-0.3, -0.25) is 0 Å². The maximum atomic E-state index is 10.3. The highest BCUT2D eigenvalue weighted by Gasteiger charge is 2.15. The highest BCUT2D eigenvalue weighted by Crippen LogP contribution is 2.36. The van der Waals surface area contributed by atoms with E-state index in [1.54, 1.807) is 0 Å². The zero-order chi connectivity index (χ0) is 10.6. The van der Waals surface area contributed by atoms with E-state index >= 15 is 0 Å². The number of nitrogens with two attached hydrogens (primary N) is 1. The van der Waals surface area contributed by atoms with E-state index in [1.165, 1.54) is 7.05 Å². The Kier molecular flexibility index (Phi) is 4.46. The van der Waals surface area contributed by atoms with Crippen molar-refractivity contribution in [2.45, 2.75) is 0 Å². The van der Waals surface area contributed by atoms with E-state index in [-0.39, 0.29) is 1.43 Å². The van der Waals surface area contributed by atoms with Crippen LogP contribution in [0.5, 0.6) is 0 Å². The van der Waals surface area contributed by atoms with Gasteiger partial charge >= 0.3 is 15.8 Å². The van der Waals surface area contributed by atoms with Crippen LogP contribution in [0, 0.1) is 0 Å². The molecule has 0 spiro atoms. The molecular formula is C3H11N3O5P2. The molecule has 0 aliphatic rings. The predicted octanol–water partition coefficient (Wildman–Crippen LogP) is -1.37. The van der Waals surface area contributed by atoms with Crippen LogP contribution in [0.1, 0.15) is 1.43 Å². The number of hydrogen-bond donors (Lipinski definition) is 3. The van der Waals surface area contributed by atoms with Crippen molar-refractivity contribution in [1.29, 1.82) is 0 Å². The van der Waals surface area contributed by atoms with Gasteiger partial charge in [-0.1, -0.05) is 4.57 Å². The summed E-state index contributed by atoms with van der Waals surface area (Å²) in [4.78, 5) is 27.8. The molecule has 0 aromatic heterocycles. The standard InChI is InChI=1S/C3H9N3O5P2.H2/c1-6(2-12(7)8)3(4)5-13(9,10)11;/h2H2,1H3,(H4,4,5,9,10,11);1H. The zero-order valence-corrected chi connectivity index (χ0v) is 8.48. The average molecular weight is 231 g/mol. The molecule has 4 N–H and O–H groups in total. The van der Waals surface area contributed by atoms with Crippen molar-refractivity contribution in [3.05, 3.63) is 0 Å². The molecule has 0 saturated heterocycles. The maximum Gasteiger partial charge on any atom is 0.451 e. The van der Waals surface area contributed by atoms with Gasteiger partial charge in [0.25, 0.3) is 0 Å². The molecule has 78 valence electrons. The van der Waals surface area contributed by atoms with Crippen LogP contribution in [0.2, 0.25) is 0 Å². The summed E-state index contributed by atoms with van der Waals surface area (Å²) in [5.41, 5.74) is 5.07. The largest absolute Gasteiger partial charge is 0.594 e. The molecule has 0 rings (SSSR count). The van der Waals surface area contributed by atoms with E-state index in [0.717, 1.165) is 4.90 Å². The minimum absolute atomic E-state index is 0. The second-order valence-electron chi connectivity index (χ2n) is 2.14. The van der Waals surface area contributed by atoms with E-state index in [4.69, 9.17) is 15.5 Å². The van der Waals surface area contributed by atoms with Gasteiger partial charge in [-0.05, 0) is 0 Å². The number of hydrogen-bond acceptors (Lipinski definition) is 3. The summed E-state index contributed by atoms with van der Waals surface area (Å²) in [5, 5.41) is 0. The first kappa shape index (κ1) is 12.5. The molecule has 10 heteroatoms. The van der Waals surface area contributed by atoms with Crippen LogP contribution < -0.4 is 10.6 Å². The molecule has 0 aromatic rings. The summed E-state index contributed by atoms with van der Waals surface area (Å²) in [5.74, 6) is -0.521. The van der Waals surface area contributed by atoms with Gasteiger partial charge in [-0.15, -0.1) is 4.76 Å². The van der Waals surface area contributed by atoms with Crippen molar-refractivity contribution >= 4 is 21.7 Å². The molecule has 0 aliphatic carbocycles. The second-order valence-corrected chi connectivity index (χ2v) is 4.32. The lowest BCUT2D eigenvalue weighted by Crippen LogP contribution is -2.34. The Hall–Kier alpha value is -0.520. The van der Waals surface area contributed by atoms with Crippen LogP contribution in [-0.4, -0.2) is 34.0 Å². The Labute approximate surface area is 76.6 Å². The SMILES string of the molecule is CN(C[P+](=O)[O-])C(N)=NP(=O)(O)O.[HH]. The van der Waals surface area contributed by atoms with Crippen LogP contribution in [0.4, 0.5) is 0 Å². The molecule has 0 fully saturated rings. The topological polar surface area (TPSA) is 139 Å². The molecular weight excluding hydrogens is 220 g/mol. The number of guanidine groups is 1. The molecule has 0 aliphatic heterocycles. The summed E-state index contributed by atoms with van der Waals surface area (Å²) in [6.07, 6.45) is -0.440. The summed E-state index contributed by atoms with van der Waals surface area (Å²) in [7, 11) is -6.05. The van der Waals surface area contributed by atoms with Gasteiger partial charge < -0.3 is 25.3 Å². The van der Waals surface area contributed by atoms with Crippen molar-refractivity contribution in [3.63, 3.8) is 0 Å². The molecule has 0 bridgehead atoms. The molecule has 1 atom stereocenters. The third-order valence-electron chi connectivity index (χ3n) is 0.951. The highest BCUT2D eigenvalue weighted by atomic mass is 31.2. The first-order chi connectivity index (χ1) is 5.72. The van der Waals surface area contributed by atoms with Crippen LogP contribution in [0.25, 0.3) is 0 Å². The van der Waals surface area contributed by atoms with E-state index in [9.17, 15) is 14.0 Å². The molecule has 0 amide bonds. The fourth-order valence-electron chi connectivity index (χ4n) is 0.455. The van der Waals surface area contributed by atoms with Gasteiger partial charge in [0.1, 0.15) is 0 Å². The van der Waals surface area contributed by atoms with E-state index in [1.807, 2.05) is 0 Å². The first-order valence-corrected chi connectivity index (χ1v) is 5.89. The van der Waals surface area contributed by atoms with Crippen LogP contribution in [0.15, 0.2) is 4.76 Å². The number of rotatable bonds is 3. The van der Waals surface area contributed by atoms with Gasteiger partial charge in [-0.2, -0.15) is 0 Å². The van der Waals surface area contributed by atoms with E-state index in [2.05, 4.69) is 4.76 Å². The quantitative estimate of drug-likeness (QED) is 0.309. The molecule has 0 radical (unpaired) electrons. The van der Waals surface area contributed by atoms with Gasteiger partial charge in [0.05, 0.1) is 0 Å². The predicted molar refractivity (Wildman–Crippen MR) is 46.0 cm³/mol. The molecule has 0 heterocycles. The maximum absolute atomic E-state index is 10.3. The van der Waals surface area contributed by atoms with Crippen molar-refractivity contribution in [2.75, 3.05) is 13.3 Å². The summed E-state index contributed by atoms with van der Waals surface area (Å²) in [6, 6.07) is 0. The van der Waals surface area contributed by atoms with Gasteiger partial charge in [0.2, 0.25) is 12.2 Å². The van der Waals surface area contributed by atoms with Crippen molar-refractivity contribution in [2.24, 2.45) is 10.5 Å². The highest BCUT2D eigenvalue weighted by molar-refractivity contribution is 7.50. The Morgan fingerprint density at radius 3 is 2.62 bits per heavy atom. The van der Waals surface area contributed by atoms with Gasteiger partial charge in [0, 0.05) is 8.47 Å². The van der Waals surface area contributed by atoms with Crippen molar-refractivity contribution in [1.82, 2.24) is 4.90 Å². The van der Waals surface area contributed by atoms with Crippen molar-refractivity contribution < 1.29 is 25.2 Å². The van der Waals surface area contributed by atoms with Gasteiger partial charge in [0.15, 0.2) is 0 Å². The molecule has 13 heavy (non-hydrogen) atoms. The summed E-state index contributed by atoms with van der Waals surface area (Å²) < 4.78 is 23.2. The Morgan fingerprint density at radius 1 is 1.85 bits per heavy atom. The third kappa shape index (κ3) is 6.62. The van der Waals surface area contributed by atoms with Gasteiger partial charge in [-0.25, -0.2) is 4.57 Å². The Morgan fingerprint density at radius 2 is 2.31 bits per heavy atom. The normalized spacial score (nSPS) is 14.2. The summed E-state index contributed by atoms with van der Waals surface area (Å²) >= 11 is 0. The average Bonchev–Trinajstić information content (AvgIpc) is 1.81. The molecule has 1 unspecified atom stereocenters. The molecule has 0 aromatic carbocycles.